The zero-order valence-corrected chi connectivity index (χ0v) is 11.2. The Kier molecular flexibility index (Phi) is 3.52. The summed E-state index contributed by atoms with van der Waals surface area (Å²) in [6, 6.07) is 9.23. The van der Waals surface area contributed by atoms with Gasteiger partial charge in [-0.2, -0.15) is 0 Å². The van der Waals surface area contributed by atoms with Gasteiger partial charge in [-0.05, 0) is 25.0 Å². The number of fused-ring (bicyclic) bond motifs is 1. The smallest absolute Gasteiger partial charge is 0.339 e. The van der Waals surface area contributed by atoms with Crippen LogP contribution in [0.2, 0.25) is 0 Å². The van der Waals surface area contributed by atoms with Crippen molar-refractivity contribution in [2.75, 3.05) is 18.5 Å². The van der Waals surface area contributed by atoms with Crippen LogP contribution in [-0.4, -0.2) is 34.2 Å². The number of hydrogen-bond donors (Lipinski definition) is 2. The van der Waals surface area contributed by atoms with Gasteiger partial charge in [-0.1, -0.05) is 24.6 Å². The van der Waals surface area contributed by atoms with E-state index in [9.17, 15) is 9.90 Å². The van der Waals surface area contributed by atoms with Gasteiger partial charge in [-0.15, -0.1) is 0 Å². The van der Waals surface area contributed by atoms with E-state index in [2.05, 4.69) is 10.4 Å². The first-order chi connectivity index (χ1) is 9.74. The van der Waals surface area contributed by atoms with Crippen LogP contribution < -0.4 is 5.43 Å². The number of nitrogens with one attached hydrogen (secondary N) is 1. The maximum atomic E-state index is 11.4. The first-order valence-electron chi connectivity index (χ1n) is 6.89. The van der Waals surface area contributed by atoms with Crippen LogP contribution in [0.3, 0.4) is 0 Å². The summed E-state index contributed by atoms with van der Waals surface area (Å²) >= 11 is 0. The number of piperidine rings is 1. The molecule has 0 saturated carbocycles. The quantitative estimate of drug-likeness (QED) is 0.898. The third-order valence-corrected chi connectivity index (χ3v) is 3.57. The predicted molar refractivity (Wildman–Crippen MR) is 77.7 cm³/mol. The number of hydrazine groups is 1. The summed E-state index contributed by atoms with van der Waals surface area (Å²) < 4.78 is 0. The highest BCUT2D eigenvalue weighted by molar-refractivity contribution is 5.97. The Morgan fingerprint density at radius 1 is 1.20 bits per heavy atom. The molecule has 5 heteroatoms. The second kappa shape index (κ2) is 5.46. The second-order valence-corrected chi connectivity index (χ2v) is 5.04. The fourth-order valence-corrected chi connectivity index (χ4v) is 2.52. The van der Waals surface area contributed by atoms with E-state index in [0.29, 0.717) is 5.82 Å². The molecule has 20 heavy (non-hydrogen) atoms. The number of aromatic carboxylic acids is 1. The number of carboxylic acid groups (broad SMARTS) is 1. The number of hydrogen-bond acceptors (Lipinski definition) is 4. The van der Waals surface area contributed by atoms with Crippen molar-refractivity contribution in [2.24, 2.45) is 0 Å². The molecule has 0 aliphatic carbocycles. The fraction of sp³-hybridized carbons (Fsp3) is 0.333. The Labute approximate surface area is 117 Å². The Morgan fingerprint density at radius 3 is 2.70 bits per heavy atom. The summed E-state index contributed by atoms with van der Waals surface area (Å²) in [7, 11) is 0. The van der Waals surface area contributed by atoms with Crippen LogP contribution in [0.15, 0.2) is 30.3 Å². The zero-order chi connectivity index (χ0) is 13.9. The van der Waals surface area contributed by atoms with Crippen molar-refractivity contribution < 1.29 is 9.90 Å². The molecule has 2 N–H and O–H groups in total. The third-order valence-electron chi connectivity index (χ3n) is 3.57. The summed E-state index contributed by atoms with van der Waals surface area (Å²) in [6.07, 6.45) is 3.49. The fourth-order valence-electron chi connectivity index (χ4n) is 2.52. The Bertz CT molecular complexity index is 636. The van der Waals surface area contributed by atoms with Gasteiger partial charge in [0.05, 0.1) is 5.52 Å². The van der Waals surface area contributed by atoms with Crippen molar-refractivity contribution in [3.8, 4) is 0 Å². The van der Waals surface area contributed by atoms with Crippen molar-refractivity contribution in [2.45, 2.75) is 19.3 Å². The van der Waals surface area contributed by atoms with E-state index in [1.165, 1.54) is 6.42 Å². The largest absolute Gasteiger partial charge is 0.478 e. The predicted octanol–water partition coefficient (Wildman–Crippen LogP) is 2.75. The number of para-hydroxylation sites is 1. The topological polar surface area (TPSA) is 65.5 Å². The standard InChI is InChI=1S/C15H17N3O2/c19-15(20)12-10-11-6-2-3-7-13(11)16-14(12)17-18-8-4-1-5-9-18/h2-3,6-7,10H,1,4-5,8-9H2,(H,16,17)(H,19,20). The molecule has 5 nitrogen and oxygen atoms in total. The zero-order valence-electron chi connectivity index (χ0n) is 11.2. The Morgan fingerprint density at radius 2 is 1.95 bits per heavy atom. The van der Waals surface area contributed by atoms with E-state index in [0.717, 1.165) is 36.8 Å². The van der Waals surface area contributed by atoms with Gasteiger partial charge in [0.15, 0.2) is 5.82 Å². The van der Waals surface area contributed by atoms with E-state index in [1.807, 2.05) is 29.3 Å². The summed E-state index contributed by atoms with van der Waals surface area (Å²) in [5.74, 6) is -0.527. The number of rotatable bonds is 3. The van der Waals surface area contributed by atoms with Crippen LogP contribution in [0.1, 0.15) is 29.6 Å². The van der Waals surface area contributed by atoms with Gasteiger partial charge >= 0.3 is 5.97 Å². The lowest BCUT2D eigenvalue weighted by Crippen LogP contribution is -2.35. The molecule has 1 saturated heterocycles. The number of nitrogens with zero attached hydrogens (tertiary/aromatic N) is 2. The second-order valence-electron chi connectivity index (χ2n) is 5.04. The molecule has 0 bridgehead atoms. The molecule has 0 unspecified atom stereocenters. The highest BCUT2D eigenvalue weighted by atomic mass is 16.4. The molecule has 0 radical (unpaired) electrons. The molecule has 0 amide bonds. The molecule has 1 aromatic carbocycles. The molecule has 2 aromatic rings. The Balaban J connectivity index is 1.98. The number of aromatic nitrogens is 1. The summed E-state index contributed by atoms with van der Waals surface area (Å²) in [5, 5.41) is 12.2. The summed E-state index contributed by atoms with van der Waals surface area (Å²) in [5.41, 5.74) is 4.18. The highest BCUT2D eigenvalue weighted by Crippen LogP contribution is 2.22. The lowest BCUT2D eigenvalue weighted by molar-refractivity contribution is 0.0697. The summed E-state index contributed by atoms with van der Waals surface area (Å²) in [6.45, 7) is 1.85. The minimum absolute atomic E-state index is 0.217. The van der Waals surface area contributed by atoms with Gasteiger partial charge in [-0.25, -0.2) is 14.8 Å². The van der Waals surface area contributed by atoms with Crippen LogP contribution in [0, 0.1) is 0 Å². The highest BCUT2D eigenvalue weighted by Gasteiger charge is 2.17. The molecule has 1 aromatic heterocycles. The number of benzene rings is 1. The number of carboxylic acids is 1. The van der Waals surface area contributed by atoms with E-state index in [-0.39, 0.29) is 5.56 Å². The molecule has 1 fully saturated rings. The molecule has 3 rings (SSSR count). The van der Waals surface area contributed by atoms with Gasteiger partial charge in [0.25, 0.3) is 0 Å². The minimum atomic E-state index is -0.956. The van der Waals surface area contributed by atoms with Crippen molar-refractivity contribution >= 4 is 22.7 Å². The van der Waals surface area contributed by atoms with Crippen LogP contribution in [0.5, 0.6) is 0 Å². The van der Waals surface area contributed by atoms with Gasteiger partial charge in [0.1, 0.15) is 5.56 Å². The Hall–Kier alpha value is -2.14. The number of anilines is 1. The van der Waals surface area contributed by atoms with E-state index in [4.69, 9.17) is 0 Å². The maximum Gasteiger partial charge on any atom is 0.339 e. The molecule has 0 spiro atoms. The van der Waals surface area contributed by atoms with E-state index >= 15 is 0 Å². The van der Waals surface area contributed by atoms with Crippen LogP contribution >= 0.6 is 0 Å². The molecule has 1 aliphatic heterocycles. The van der Waals surface area contributed by atoms with Gasteiger partial charge < -0.3 is 10.5 Å². The minimum Gasteiger partial charge on any atom is -0.478 e. The van der Waals surface area contributed by atoms with Crippen molar-refractivity contribution in [1.82, 2.24) is 9.99 Å². The molecule has 0 atom stereocenters. The van der Waals surface area contributed by atoms with Gasteiger partial charge in [0.2, 0.25) is 0 Å². The molecule has 104 valence electrons. The molecular formula is C15H17N3O2. The first kappa shape index (κ1) is 12.9. The average Bonchev–Trinajstić information content (AvgIpc) is 2.47. The van der Waals surface area contributed by atoms with E-state index in [1.54, 1.807) is 6.07 Å². The van der Waals surface area contributed by atoms with Crippen LogP contribution in [0.25, 0.3) is 10.9 Å². The average molecular weight is 271 g/mol. The molecular weight excluding hydrogens is 254 g/mol. The SMILES string of the molecule is O=C(O)c1cc2ccccc2nc1NN1CCCCC1. The lowest BCUT2D eigenvalue weighted by Gasteiger charge is -2.27. The number of carbonyl (C=O) groups is 1. The van der Waals surface area contributed by atoms with Crippen molar-refractivity contribution in [3.05, 3.63) is 35.9 Å². The monoisotopic (exact) mass is 271 g/mol. The summed E-state index contributed by atoms with van der Waals surface area (Å²) in [4.78, 5) is 15.9. The van der Waals surface area contributed by atoms with Crippen LogP contribution in [-0.2, 0) is 0 Å². The van der Waals surface area contributed by atoms with Gasteiger partial charge in [0, 0.05) is 18.5 Å². The van der Waals surface area contributed by atoms with E-state index < -0.39 is 5.97 Å². The van der Waals surface area contributed by atoms with Crippen LogP contribution in [0.4, 0.5) is 5.82 Å². The maximum absolute atomic E-state index is 11.4. The van der Waals surface area contributed by atoms with Gasteiger partial charge in [-0.3, -0.25) is 0 Å². The normalized spacial score (nSPS) is 16.2. The van der Waals surface area contributed by atoms with Crippen molar-refractivity contribution in [3.63, 3.8) is 0 Å². The third kappa shape index (κ3) is 2.58. The molecule has 1 aliphatic rings. The number of pyridine rings is 1. The lowest BCUT2D eigenvalue weighted by atomic mass is 10.1. The van der Waals surface area contributed by atoms with Crippen molar-refractivity contribution in [1.29, 1.82) is 0 Å². The molecule has 2 heterocycles. The first-order valence-corrected chi connectivity index (χ1v) is 6.89.